The summed E-state index contributed by atoms with van der Waals surface area (Å²) in [6.07, 6.45) is 4.38. The number of rotatable bonds is 5. The Kier molecular flexibility index (Phi) is 4.03. The van der Waals surface area contributed by atoms with Crippen molar-refractivity contribution in [2.24, 2.45) is 7.05 Å². The molecule has 7 heteroatoms. The predicted molar refractivity (Wildman–Crippen MR) is 82.7 cm³/mol. The van der Waals surface area contributed by atoms with Gasteiger partial charge in [0.1, 0.15) is 11.6 Å². The van der Waals surface area contributed by atoms with Gasteiger partial charge in [0.25, 0.3) is 0 Å². The average molecular weight is 289 g/mol. The van der Waals surface area contributed by atoms with Crippen LogP contribution in [0.4, 0.5) is 5.82 Å². The molecule has 0 saturated carbocycles. The molecule has 2 aromatic heterocycles. The molecule has 0 bridgehead atoms. The third-order valence-corrected chi connectivity index (χ3v) is 4.08. The predicted octanol–water partition coefficient (Wildman–Crippen LogP) is 0.473. The number of nitrogen functional groups attached to an aromatic ring is 1. The quantitative estimate of drug-likeness (QED) is 0.862. The van der Waals surface area contributed by atoms with E-state index in [1.807, 2.05) is 7.05 Å². The van der Waals surface area contributed by atoms with Crippen LogP contribution in [0.5, 0.6) is 0 Å². The third kappa shape index (κ3) is 3.14. The molecule has 0 radical (unpaired) electrons. The molecule has 2 N–H and O–H groups in total. The van der Waals surface area contributed by atoms with Crippen LogP contribution in [-0.4, -0.2) is 62.8 Å². The summed E-state index contributed by atoms with van der Waals surface area (Å²) in [4.78, 5) is 13.7. The van der Waals surface area contributed by atoms with E-state index in [1.165, 1.54) is 25.9 Å². The van der Waals surface area contributed by atoms with E-state index in [4.69, 9.17) is 5.73 Å². The summed E-state index contributed by atoms with van der Waals surface area (Å²) >= 11 is 0. The summed E-state index contributed by atoms with van der Waals surface area (Å²) in [5.41, 5.74) is 6.79. The van der Waals surface area contributed by atoms with Crippen LogP contribution in [0.1, 0.15) is 18.7 Å². The van der Waals surface area contributed by atoms with Gasteiger partial charge in [0.15, 0.2) is 5.65 Å². The molecule has 0 atom stereocenters. The highest BCUT2D eigenvalue weighted by Crippen LogP contribution is 2.16. The molecule has 1 aliphatic heterocycles. The molecule has 1 saturated heterocycles. The molecule has 0 spiro atoms. The molecular weight excluding hydrogens is 266 g/mol. The minimum atomic E-state index is 0.510. The molecule has 0 aromatic carbocycles. The SMILES string of the molecule is CN(CCN1CCCC1)Cc1nc(N)c2cnn(C)c2n1. The van der Waals surface area contributed by atoms with Crippen LogP contribution in [0.25, 0.3) is 11.0 Å². The molecule has 1 fully saturated rings. The Morgan fingerprint density at radius 2 is 2.05 bits per heavy atom. The lowest BCUT2D eigenvalue weighted by atomic mass is 10.3. The van der Waals surface area contributed by atoms with E-state index in [9.17, 15) is 0 Å². The van der Waals surface area contributed by atoms with Crippen molar-refractivity contribution in [3.63, 3.8) is 0 Å². The van der Waals surface area contributed by atoms with Crippen molar-refractivity contribution in [2.45, 2.75) is 19.4 Å². The fraction of sp³-hybridized carbons (Fsp3) is 0.643. The van der Waals surface area contributed by atoms with E-state index in [0.717, 1.165) is 29.9 Å². The number of hydrogen-bond donors (Lipinski definition) is 1. The van der Waals surface area contributed by atoms with Crippen LogP contribution in [0.15, 0.2) is 6.20 Å². The zero-order valence-electron chi connectivity index (χ0n) is 12.8. The van der Waals surface area contributed by atoms with E-state index >= 15 is 0 Å². The van der Waals surface area contributed by atoms with Crippen LogP contribution in [0, 0.1) is 0 Å². The van der Waals surface area contributed by atoms with Gasteiger partial charge in [0.05, 0.1) is 18.1 Å². The van der Waals surface area contributed by atoms with Crippen LogP contribution in [0.2, 0.25) is 0 Å². The van der Waals surface area contributed by atoms with E-state index in [1.54, 1.807) is 10.9 Å². The van der Waals surface area contributed by atoms with Gasteiger partial charge in [-0.05, 0) is 33.0 Å². The number of aromatic nitrogens is 4. The van der Waals surface area contributed by atoms with Crippen molar-refractivity contribution in [2.75, 3.05) is 39.0 Å². The first-order valence-corrected chi connectivity index (χ1v) is 7.48. The molecule has 114 valence electrons. The number of likely N-dealkylation sites (N-methyl/N-ethyl adjacent to an activating group) is 1. The van der Waals surface area contributed by atoms with Gasteiger partial charge in [-0.1, -0.05) is 0 Å². The van der Waals surface area contributed by atoms with Gasteiger partial charge in [0.2, 0.25) is 0 Å². The number of fused-ring (bicyclic) bond motifs is 1. The van der Waals surface area contributed by atoms with Crippen molar-refractivity contribution in [1.29, 1.82) is 0 Å². The summed E-state index contributed by atoms with van der Waals surface area (Å²) in [6.45, 7) is 5.31. The Morgan fingerprint density at radius 1 is 1.29 bits per heavy atom. The fourth-order valence-corrected chi connectivity index (χ4v) is 2.80. The Hall–Kier alpha value is -1.73. The molecule has 3 heterocycles. The van der Waals surface area contributed by atoms with Gasteiger partial charge < -0.3 is 10.6 Å². The standard InChI is InChI=1S/C14H23N7/c1-19(7-8-21-5-3-4-6-21)10-12-17-13(15)11-9-16-20(2)14(11)18-12/h9H,3-8,10H2,1-2H3,(H2,15,17,18). The van der Waals surface area contributed by atoms with Crippen molar-refractivity contribution in [1.82, 2.24) is 29.5 Å². The second-order valence-corrected chi connectivity index (χ2v) is 5.82. The summed E-state index contributed by atoms with van der Waals surface area (Å²) < 4.78 is 1.74. The number of hydrogen-bond acceptors (Lipinski definition) is 6. The molecular formula is C14H23N7. The highest BCUT2D eigenvalue weighted by molar-refractivity contribution is 5.84. The molecule has 7 nitrogen and oxygen atoms in total. The zero-order chi connectivity index (χ0) is 14.8. The molecule has 1 aliphatic rings. The first-order chi connectivity index (χ1) is 10.1. The monoisotopic (exact) mass is 289 g/mol. The molecule has 2 aromatic rings. The van der Waals surface area contributed by atoms with Gasteiger partial charge in [-0.25, -0.2) is 9.97 Å². The van der Waals surface area contributed by atoms with Crippen molar-refractivity contribution >= 4 is 16.9 Å². The van der Waals surface area contributed by atoms with Crippen LogP contribution in [-0.2, 0) is 13.6 Å². The fourth-order valence-electron chi connectivity index (χ4n) is 2.80. The summed E-state index contributed by atoms with van der Waals surface area (Å²) in [7, 11) is 3.97. The Morgan fingerprint density at radius 3 is 2.81 bits per heavy atom. The molecule has 0 aliphatic carbocycles. The lowest BCUT2D eigenvalue weighted by Gasteiger charge is -2.20. The van der Waals surface area contributed by atoms with Crippen molar-refractivity contribution < 1.29 is 0 Å². The lowest BCUT2D eigenvalue weighted by molar-refractivity contribution is 0.249. The minimum Gasteiger partial charge on any atom is -0.383 e. The maximum absolute atomic E-state index is 5.99. The van der Waals surface area contributed by atoms with Gasteiger partial charge in [-0.3, -0.25) is 9.58 Å². The van der Waals surface area contributed by atoms with Crippen molar-refractivity contribution in [3.05, 3.63) is 12.0 Å². The summed E-state index contributed by atoms with van der Waals surface area (Å²) in [5, 5.41) is 5.00. The zero-order valence-corrected chi connectivity index (χ0v) is 12.8. The average Bonchev–Trinajstić information content (AvgIpc) is 3.07. The summed E-state index contributed by atoms with van der Waals surface area (Å²) in [5.74, 6) is 1.27. The normalized spacial score (nSPS) is 16.3. The maximum atomic E-state index is 5.99. The first kappa shape index (κ1) is 14.2. The highest BCUT2D eigenvalue weighted by Gasteiger charge is 2.14. The maximum Gasteiger partial charge on any atom is 0.163 e. The summed E-state index contributed by atoms with van der Waals surface area (Å²) in [6, 6.07) is 0. The van der Waals surface area contributed by atoms with Crippen molar-refractivity contribution in [3.8, 4) is 0 Å². The number of likely N-dealkylation sites (tertiary alicyclic amines) is 1. The van der Waals surface area contributed by atoms with E-state index < -0.39 is 0 Å². The Balaban J connectivity index is 1.64. The third-order valence-electron chi connectivity index (χ3n) is 4.08. The molecule has 3 rings (SSSR count). The largest absolute Gasteiger partial charge is 0.383 e. The smallest absolute Gasteiger partial charge is 0.163 e. The van der Waals surface area contributed by atoms with Gasteiger partial charge >= 0.3 is 0 Å². The van der Waals surface area contributed by atoms with E-state index in [2.05, 4.69) is 31.9 Å². The second kappa shape index (κ2) is 5.95. The van der Waals surface area contributed by atoms with Gasteiger partial charge in [0, 0.05) is 20.1 Å². The lowest BCUT2D eigenvalue weighted by Crippen LogP contribution is -2.31. The van der Waals surface area contributed by atoms with Gasteiger partial charge in [-0.15, -0.1) is 0 Å². The Labute approximate surface area is 124 Å². The second-order valence-electron chi connectivity index (χ2n) is 5.82. The highest BCUT2D eigenvalue weighted by atomic mass is 15.3. The Bertz CT molecular complexity index is 615. The number of aryl methyl sites for hydroxylation is 1. The van der Waals surface area contributed by atoms with E-state index in [-0.39, 0.29) is 0 Å². The minimum absolute atomic E-state index is 0.510. The molecule has 0 amide bonds. The van der Waals surface area contributed by atoms with Crippen LogP contribution >= 0.6 is 0 Å². The topological polar surface area (TPSA) is 76.1 Å². The molecule has 21 heavy (non-hydrogen) atoms. The number of nitrogens with two attached hydrogens (primary N) is 1. The van der Waals surface area contributed by atoms with Crippen LogP contribution < -0.4 is 5.73 Å². The van der Waals surface area contributed by atoms with Crippen LogP contribution in [0.3, 0.4) is 0 Å². The van der Waals surface area contributed by atoms with E-state index in [0.29, 0.717) is 12.4 Å². The first-order valence-electron chi connectivity index (χ1n) is 7.48. The number of anilines is 1. The number of nitrogens with zero attached hydrogens (tertiary/aromatic N) is 6. The van der Waals surface area contributed by atoms with Gasteiger partial charge in [-0.2, -0.15) is 5.10 Å². The molecule has 0 unspecified atom stereocenters.